The van der Waals surface area contributed by atoms with Gasteiger partial charge in [-0.2, -0.15) is 0 Å². The van der Waals surface area contributed by atoms with Crippen molar-refractivity contribution in [3.63, 3.8) is 0 Å². The molecule has 1 atom stereocenters. The van der Waals surface area contributed by atoms with Crippen LogP contribution in [0.25, 0.3) is 0 Å². The molecule has 0 aromatic heterocycles. The maximum Gasteiger partial charge on any atom is 0.326 e. The van der Waals surface area contributed by atoms with Crippen LogP contribution in [-0.4, -0.2) is 42.1 Å². The van der Waals surface area contributed by atoms with E-state index in [0.29, 0.717) is 5.69 Å². The van der Waals surface area contributed by atoms with Crippen molar-refractivity contribution in [3.8, 4) is 0 Å². The van der Waals surface area contributed by atoms with Crippen LogP contribution >= 0.6 is 0 Å². The van der Waals surface area contributed by atoms with E-state index < -0.39 is 29.4 Å². The molecule has 3 rings (SSSR count). The molecule has 248 valence electrons. The van der Waals surface area contributed by atoms with Gasteiger partial charge in [-0.25, -0.2) is 9.59 Å². The van der Waals surface area contributed by atoms with Gasteiger partial charge in [0.05, 0.1) is 11.3 Å². The van der Waals surface area contributed by atoms with Crippen LogP contribution in [0.5, 0.6) is 0 Å². The van der Waals surface area contributed by atoms with E-state index >= 15 is 0 Å². The summed E-state index contributed by atoms with van der Waals surface area (Å²) in [5.41, 5.74) is 4.31. The number of hydrogen-bond donors (Lipinski definition) is 4. The second-order valence-electron chi connectivity index (χ2n) is 14.0. The molecule has 1 aliphatic carbocycles. The van der Waals surface area contributed by atoms with Crippen LogP contribution in [0.3, 0.4) is 0 Å². The Hall–Kier alpha value is -3.55. The lowest BCUT2D eigenvalue weighted by Crippen LogP contribution is -2.58. The van der Waals surface area contributed by atoms with E-state index in [1.54, 1.807) is 6.07 Å². The Morgan fingerprint density at radius 2 is 1.47 bits per heavy atom. The fraction of sp³-hybridized carbons (Fsp3) is 0.595. The van der Waals surface area contributed by atoms with E-state index in [9.17, 15) is 19.5 Å². The van der Waals surface area contributed by atoms with Gasteiger partial charge in [0.1, 0.15) is 6.04 Å². The Balaban J connectivity index is 2.03. The third kappa shape index (κ3) is 8.80. The van der Waals surface area contributed by atoms with E-state index in [2.05, 4.69) is 55.5 Å². The number of aliphatic carboxylic acids is 1. The smallest absolute Gasteiger partial charge is 0.326 e. The van der Waals surface area contributed by atoms with Gasteiger partial charge < -0.3 is 26.0 Å². The fourth-order valence-electron chi connectivity index (χ4n) is 7.04. The molecule has 1 fully saturated rings. The molecule has 8 nitrogen and oxygen atoms in total. The fourth-order valence-corrected chi connectivity index (χ4v) is 7.04. The van der Waals surface area contributed by atoms with Crippen molar-refractivity contribution in [3.05, 3.63) is 52.6 Å². The van der Waals surface area contributed by atoms with E-state index in [0.717, 1.165) is 98.9 Å². The summed E-state index contributed by atoms with van der Waals surface area (Å²) < 4.78 is 0. The van der Waals surface area contributed by atoms with Gasteiger partial charge >= 0.3 is 12.0 Å². The number of benzene rings is 2. The SMILES string of the molecule is CCCCN(CCCC)c1ccc(C(=O)N[C@H](C(=O)O)C2(C(C)(C)C)CCCCC2)c(NC(=O)Nc2c(C)cc(C)cc2C)c1. The number of anilines is 3. The standard InChI is InChI=1S/C37H56N4O4/c1-9-11-20-41(21-12-10-2)28-16-17-29(30(24-28)38-35(45)39-31-26(4)22-25(3)23-27(31)5)33(42)40-32(34(43)44)37(36(6,7)8)18-14-13-15-19-37/h16-17,22-24,32H,9-15,18-21H2,1-8H3,(H,40,42)(H,43,44)(H2,38,39,45)/t32-/m1/s1. The molecular formula is C37H56N4O4. The number of urea groups is 1. The number of carboxylic acid groups (broad SMARTS) is 1. The topological polar surface area (TPSA) is 111 Å². The molecule has 2 aromatic carbocycles. The molecule has 0 unspecified atom stereocenters. The summed E-state index contributed by atoms with van der Waals surface area (Å²) in [5, 5.41) is 19.3. The maximum atomic E-state index is 14.0. The first kappa shape index (κ1) is 35.9. The number of nitrogens with zero attached hydrogens (tertiary/aromatic N) is 1. The van der Waals surface area contributed by atoms with E-state index in [1.807, 2.05) is 45.0 Å². The van der Waals surface area contributed by atoms with Crippen LogP contribution in [0.2, 0.25) is 0 Å². The number of carbonyl (C=O) groups is 3. The highest BCUT2D eigenvalue weighted by Crippen LogP contribution is 2.52. The van der Waals surface area contributed by atoms with E-state index in [1.165, 1.54) is 0 Å². The normalized spacial score (nSPS) is 15.2. The number of carboxylic acids is 1. The third-order valence-electron chi connectivity index (χ3n) is 9.65. The number of carbonyl (C=O) groups excluding carboxylic acids is 2. The lowest BCUT2D eigenvalue weighted by Gasteiger charge is -2.51. The zero-order valence-electron chi connectivity index (χ0n) is 28.9. The molecule has 45 heavy (non-hydrogen) atoms. The predicted octanol–water partition coefficient (Wildman–Crippen LogP) is 8.84. The Morgan fingerprint density at radius 3 is 1.98 bits per heavy atom. The van der Waals surface area contributed by atoms with Crippen LogP contribution in [0.1, 0.15) is 119 Å². The molecule has 4 N–H and O–H groups in total. The summed E-state index contributed by atoms with van der Waals surface area (Å²) in [6, 6.07) is 8.00. The van der Waals surface area contributed by atoms with Gasteiger partial charge in [0.15, 0.2) is 0 Å². The summed E-state index contributed by atoms with van der Waals surface area (Å²) in [6.45, 7) is 18.2. The van der Waals surface area contributed by atoms with Gasteiger partial charge in [-0.3, -0.25) is 4.79 Å². The molecule has 0 saturated heterocycles. The van der Waals surface area contributed by atoms with Crippen molar-refractivity contribution in [2.24, 2.45) is 10.8 Å². The number of amides is 3. The number of nitrogens with one attached hydrogen (secondary N) is 3. The van der Waals surface area contributed by atoms with Gasteiger partial charge in [0.25, 0.3) is 5.91 Å². The molecular weight excluding hydrogens is 564 g/mol. The highest BCUT2D eigenvalue weighted by Gasteiger charge is 2.52. The highest BCUT2D eigenvalue weighted by molar-refractivity contribution is 6.08. The Bertz CT molecular complexity index is 1310. The van der Waals surface area contributed by atoms with Crippen LogP contribution in [-0.2, 0) is 4.79 Å². The van der Waals surface area contributed by atoms with Crippen molar-refractivity contribution in [1.82, 2.24) is 5.32 Å². The van der Waals surface area contributed by atoms with Crippen molar-refractivity contribution in [1.29, 1.82) is 0 Å². The molecule has 2 aromatic rings. The maximum absolute atomic E-state index is 14.0. The summed E-state index contributed by atoms with van der Waals surface area (Å²) in [4.78, 5) is 42.6. The van der Waals surface area contributed by atoms with Crippen LogP contribution in [0.4, 0.5) is 21.9 Å². The molecule has 8 heteroatoms. The lowest BCUT2D eigenvalue weighted by molar-refractivity contribution is -0.148. The van der Waals surface area contributed by atoms with Crippen molar-refractivity contribution in [2.45, 2.75) is 119 Å². The molecule has 1 aliphatic rings. The average Bonchev–Trinajstić information content (AvgIpc) is 2.97. The summed E-state index contributed by atoms with van der Waals surface area (Å²) in [5.74, 6) is -1.53. The van der Waals surface area contributed by atoms with Gasteiger partial charge in [-0.15, -0.1) is 0 Å². The first-order valence-electron chi connectivity index (χ1n) is 16.8. The number of unbranched alkanes of at least 4 members (excludes halogenated alkanes) is 2. The summed E-state index contributed by atoms with van der Waals surface area (Å²) in [7, 11) is 0. The Labute approximate surface area is 270 Å². The van der Waals surface area contributed by atoms with Crippen LogP contribution < -0.4 is 20.9 Å². The van der Waals surface area contributed by atoms with Crippen LogP contribution in [0, 0.1) is 31.6 Å². The molecule has 0 aliphatic heterocycles. The summed E-state index contributed by atoms with van der Waals surface area (Å²) >= 11 is 0. The molecule has 0 radical (unpaired) electrons. The van der Waals surface area contributed by atoms with Crippen molar-refractivity contribution in [2.75, 3.05) is 28.6 Å². The second-order valence-corrected chi connectivity index (χ2v) is 14.0. The minimum absolute atomic E-state index is 0.239. The Morgan fingerprint density at radius 1 is 0.889 bits per heavy atom. The summed E-state index contributed by atoms with van der Waals surface area (Å²) in [6.07, 6.45) is 8.56. The zero-order chi connectivity index (χ0) is 33.4. The third-order valence-corrected chi connectivity index (χ3v) is 9.65. The lowest BCUT2D eigenvalue weighted by atomic mass is 9.55. The van der Waals surface area contributed by atoms with Gasteiger partial charge in [0, 0.05) is 29.9 Å². The predicted molar refractivity (Wildman–Crippen MR) is 186 cm³/mol. The van der Waals surface area contributed by atoms with Crippen molar-refractivity contribution >= 4 is 35.0 Å². The van der Waals surface area contributed by atoms with E-state index in [-0.39, 0.29) is 11.0 Å². The zero-order valence-corrected chi connectivity index (χ0v) is 28.9. The average molecular weight is 621 g/mol. The monoisotopic (exact) mass is 620 g/mol. The van der Waals surface area contributed by atoms with Gasteiger partial charge in [-0.05, 0) is 81.2 Å². The van der Waals surface area contributed by atoms with Crippen molar-refractivity contribution < 1.29 is 19.5 Å². The van der Waals surface area contributed by atoms with E-state index in [4.69, 9.17) is 0 Å². The first-order valence-corrected chi connectivity index (χ1v) is 16.8. The van der Waals surface area contributed by atoms with Gasteiger partial charge in [-0.1, -0.05) is 84.4 Å². The number of rotatable bonds is 13. The molecule has 3 amide bonds. The largest absolute Gasteiger partial charge is 0.480 e. The quantitative estimate of drug-likeness (QED) is 0.179. The first-order chi connectivity index (χ1) is 21.2. The molecule has 0 heterocycles. The number of hydrogen-bond acceptors (Lipinski definition) is 4. The minimum Gasteiger partial charge on any atom is -0.480 e. The molecule has 0 bridgehead atoms. The molecule has 1 saturated carbocycles. The molecule has 0 spiro atoms. The number of aryl methyl sites for hydroxylation is 3. The van der Waals surface area contributed by atoms with Crippen LogP contribution in [0.15, 0.2) is 30.3 Å². The van der Waals surface area contributed by atoms with Gasteiger partial charge in [0.2, 0.25) is 0 Å². The highest BCUT2D eigenvalue weighted by atomic mass is 16.4. The Kier molecular flexibility index (Phi) is 12.5. The minimum atomic E-state index is -1.06. The second kappa shape index (κ2) is 15.6.